The van der Waals surface area contributed by atoms with Crippen molar-refractivity contribution in [2.24, 2.45) is 0 Å². The largest absolute Gasteiger partial charge is 0.507 e. The number of pyridine rings is 1. The minimum Gasteiger partial charge on any atom is -0.507 e. The number of methoxy groups -OCH3 is 1. The van der Waals surface area contributed by atoms with Crippen molar-refractivity contribution < 1.29 is 19.4 Å². The standard InChI is InChI=1S/C23H22N2O5/c1-4-24-16-12-8-6-10-14(16)19(26)18(21(24)28)23(30-3)20(27)15-11-7-9-13-17(15)25(5-2)22(23)29/h6-13,26H,4-5H2,1-3H3. The summed E-state index contributed by atoms with van der Waals surface area (Å²) in [4.78, 5) is 42.2. The third-order valence-electron chi connectivity index (χ3n) is 5.74. The summed E-state index contributed by atoms with van der Waals surface area (Å²) < 4.78 is 7.01. The van der Waals surface area contributed by atoms with Gasteiger partial charge in [-0.3, -0.25) is 14.4 Å². The number of aryl methyl sites for hydroxylation is 1. The maximum absolute atomic E-state index is 13.7. The number of amides is 1. The second-order valence-corrected chi connectivity index (χ2v) is 7.07. The Morgan fingerprint density at radius 2 is 1.63 bits per heavy atom. The molecule has 1 unspecified atom stereocenters. The van der Waals surface area contributed by atoms with Crippen LogP contribution in [0, 0.1) is 0 Å². The number of aromatic nitrogens is 1. The predicted molar refractivity (Wildman–Crippen MR) is 113 cm³/mol. The van der Waals surface area contributed by atoms with Gasteiger partial charge in [0, 0.05) is 31.1 Å². The number of anilines is 1. The molecule has 7 heteroatoms. The molecule has 0 bridgehead atoms. The van der Waals surface area contributed by atoms with Gasteiger partial charge in [-0.2, -0.15) is 0 Å². The van der Waals surface area contributed by atoms with E-state index in [2.05, 4.69) is 0 Å². The van der Waals surface area contributed by atoms with Crippen molar-refractivity contribution in [3.8, 4) is 5.75 Å². The van der Waals surface area contributed by atoms with Gasteiger partial charge < -0.3 is 19.3 Å². The topological polar surface area (TPSA) is 88.8 Å². The van der Waals surface area contributed by atoms with Crippen molar-refractivity contribution in [1.29, 1.82) is 0 Å². The Morgan fingerprint density at radius 3 is 2.30 bits per heavy atom. The lowest BCUT2D eigenvalue weighted by Crippen LogP contribution is -2.59. The van der Waals surface area contributed by atoms with Crippen molar-refractivity contribution in [3.05, 3.63) is 70.0 Å². The van der Waals surface area contributed by atoms with Crippen LogP contribution >= 0.6 is 0 Å². The molecule has 4 rings (SSSR count). The maximum Gasteiger partial charge on any atom is 0.272 e. The highest BCUT2D eigenvalue weighted by Gasteiger charge is 2.57. The van der Waals surface area contributed by atoms with E-state index in [1.54, 1.807) is 62.4 Å². The molecule has 1 amide bonds. The molecule has 30 heavy (non-hydrogen) atoms. The lowest BCUT2D eigenvalue weighted by molar-refractivity contribution is -0.137. The molecular weight excluding hydrogens is 384 g/mol. The van der Waals surface area contributed by atoms with Crippen molar-refractivity contribution in [1.82, 2.24) is 4.57 Å². The van der Waals surface area contributed by atoms with Crippen molar-refractivity contribution in [3.63, 3.8) is 0 Å². The van der Waals surface area contributed by atoms with Crippen LogP contribution in [0.15, 0.2) is 53.3 Å². The van der Waals surface area contributed by atoms with E-state index in [0.717, 1.165) is 0 Å². The Kier molecular flexibility index (Phi) is 4.70. The molecule has 1 atom stereocenters. The number of carbonyl (C=O) groups excluding carboxylic acids is 2. The summed E-state index contributed by atoms with van der Waals surface area (Å²) in [5.41, 5.74) is -2.02. The first-order valence-electron chi connectivity index (χ1n) is 9.79. The van der Waals surface area contributed by atoms with Crippen LogP contribution in [0.25, 0.3) is 10.9 Å². The molecule has 1 aromatic heterocycles. The van der Waals surface area contributed by atoms with Gasteiger partial charge in [-0.05, 0) is 38.1 Å². The first-order valence-corrected chi connectivity index (χ1v) is 9.79. The van der Waals surface area contributed by atoms with E-state index >= 15 is 0 Å². The molecule has 1 N–H and O–H groups in total. The van der Waals surface area contributed by atoms with Crippen molar-refractivity contribution >= 4 is 28.3 Å². The second-order valence-electron chi connectivity index (χ2n) is 7.07. The highest BCUT2D eigenvalue weighted by atomic mass is 16.5. The van der Waals surface area contributed by atoms with Crippen molar-refractivity contribution in [2.45, 2.75) is 26.0 Å². The fraction of sp³-hybridized carbons (Fsp3) is 0.261. The van der Waals surface area contributed by atoms with Gasteiger partial charge in [0.2, 0.25) is 11.4 Å². The Hall–Kier alpha value is -3.45. The van der Waals surface area contributed by atoms with Crippen LogP contribution in [0.3, 0.4) is 0 Å². The molecule has 2 aromatic carbocycles. The summed E-state index contributed by atoms with van der Waals surface area (Å²) in [6.45, 7) is 4.12. The van der Waals surface area contributed by atoms with Gasteiger partial charge in [0.05, 0.1) is 11.2 Å². The minimum atomic E-state index is -2.27. The zero-order valence-electron chi connectivity index (χ0n) is 17.0. The molecule has 1 aliphatic rings. The van der Waals surface area contributed by atoms with Gasteiger partial charge in [-0.15, -0.1) is 0 Å². The van der Waals surface area contributed by atoms with Crippen LogP contribution in [0.4, 0.5) is 5.69 Å². The highest BCUT2D eigenvalue weighted by Crippen LogP contribution is 2.43. The molecule has 154 valence electrons. The molecule has 1 aliphatic heterocycles. The number of hydrogen-bond donors (Lipinski definition) is 1. The lowest BCUT2D eigenvalue weighted by Gasteiger charge is -2.40. The second kappa shape index (κ2) is 7.11. The zero-order chi connectivity index (χ0) is 21.6. The van der Waals surface area contributed by atoms with Crippen LogP contribution in [-0.2, 0) is 21.7 Å². The van der Waals surface area contributed by atoms with Gasteiger partial charge in [-0.25, -0.2) is 0 Å². The number of para-hydroxylation sites is 2. The summed E-state index contributed by atoms with van der Waals surface area (Å²) >= 11 is 0. The number of carbonyl (C=O) groups is 2. The van der Waals surface area contributed by atoms with E-state index < -0.39 is 28.6 Å². The molecule has 0 saturated heterocycles. The minimum absolute atomic E-state index is 0.260. The number of Topliss-reactive ketones (excluding diaryl/α,β-unsaturated/α-hetero) is 1. The van der Waals surface area contributed by atoms with E-state index in [-0.39, 0.29) is 17.7 Å². The van der Waals surface area contributed by atoms with Crippen LogP contribution in [0.5, 0.6) is 5.75 Å². The Balaban J connectivity index is 2.16. The van der Waals surface area contributed by atoms with E-state index in [1.165, 1.54) is 16.6 Å². The average Bonchev–Trinajstić information content (AvgIpc) is 2.77. The number of ketones is 1. The van der Waals surface area contributed by atoms with Crippen LogP contribution < -0.4 is 10.5 Å². The fourth-order valence-corrected chi connectivity index (χ4v) is 4.32. The number of nitrogens with zero attached hydrogens (tertiary/aromatic N) is 2. The smallest absolute Gasteiger partial charge is 0.272 e. The van der Waals surface area contributed by atoms with E-state index in [0.29, 0.717) is 23.1 Å². The normalized spacial score (nSPS) is 18.7. The van der Waals surface area contributed by atoms with Crippen LogP contribution in [-0.4, -0.2) is 35.0 Å². The number of ether oxygens (including phenoxy) is 1. The SMILES string of the molecule is CCN1C(=O)C(OC)(c2c(O)c3ccccc3n(CC)c2=O)C(=O)c2ccccc21. The monoisotopic (exact) mass is 406 g/mol. The lowest BCUT2D eigenvalue weighted by atomic mass is 9.80. The number of fused-ring (bicyclic) bond motifs is 2. The van der Waals surface area contributed by atoms with Gasteiger partial charge in [0.25, 0.3) is 11.5 Å². The fourth-order valence-electron chi connectivity index (χ4n) is 4.32. The summed E-state index contributed by atoms with van der Waals surface area (Å²) in [5.74, 6) is -1.78. The number of likely N-dealkylation sites (N-methyl/N-ethyl adjacent to an activating group) is 1. The van der Waals surface area contributed by atoms with Crippen LogP contribution in [0.1, 0.15) is 29.8 Å². The van der Waals surface area contributed by atoms with Gasteiger partial charge in [-0.1, -0.05) is 24.3 Å². The highest BCUT2D eigenvalue weighted by molar-refractivity contribution is 6.27. The summed E-state index contributed by atoms with van der Waals surface area (Å²) in [6, 6.07) is 13.5. The van der Waals surface area contributed by atoms with Crippen LogP contribution in [0.2, 0.25) is 0 Å². The van der Waals surface area contributed by atoms with Gasteiger partial charge >= 0.3 is 0 Å². The average molecular weight is 406 g/mol. The number of aromatic hydroxyl groups is 1. The molecule has 0 fully saturated rings. The van der Waals surface area contributed by atoms with E-state index in [9.17, 15) is 19.5 Å². The Morgan fingerprint density at radius 1 is 0.967 bits per heavy atom. The van der Waals surface area contributed by atoms with Gasteiger partial charge in [0.1, 0.15) is 11.3 Å². The molecule has 0 spiro atoms. The molecule has 0 saturated carbocycles. The summed E-state index contributed by atoms with van der Waals surface area (Å²) in [5, 5.41) is 11.5. The predicted octanol–water partition coefficient (Wildman–Crippen LogP) is 2.82. The van der Waals surface area contributed by atoms with E-state index in [1.807, 2.05) is 0 Å². The molecular formula is C23H22N2O5. The number of rotatable bonds is 4. The van der Waals surface area contributed by atoms with Crippen molar-refractivity contribution in [2.75, 3.05) is 18.6 Å². The molecule has 2 heterocycles. The van der Waals surface area contributed by atoms with E-state index in [4.69, 9.17) is 4.74 Å². The third-order valence-corrected chi connectivity index (χ3v) is 5.74. The quantitative estimate of drug-likeness (QED) is 0.673. The maximum atomic E-state index is 13.7. The van der Waals surface area contributed by atoms with Gasteiger partial charge in [0.15, 0.2) is 0 Å². The first-order chi connectivity index (χ1) is 14.4. The summed E-state index contributed by atoms with van der Waals surface area (Å²) in [7, 11) is 1.21. The Labute approximate surface area is 173 Å². The summed E-state index contributed by atoms with van der Waals surface area (Å²) in [6.07, 6.45) is 0. The molecule has 0 aliphatic carbocycles. The Bertz CT molecular complexity index is 1250. The molecule has 7 nitrogen and oxygen atoms in total. The molecule has 0 radical (unpaired) electrons. The number of benzene rings is 2. The molecule has 3 aromatic rings. The number of hydrogen-bond acceptors (Lipinski definition) is 5. The zero-order valence-corrected chi connectivity index (χ0v) is 17.0. The first kappa shape index (κ1) is 19.8. The third kappa shape index (κ3) is 2.39.